The minimum atomic E-state index is -2.97. The predicted molar refractivity (Wildman–Crippen MR) is 88.7 cm³/mol. The summed E-state index contributed by atoms with van der Waals surface area (Å²) in [6, 6.07) is 5.76. The van der Waals surface area contributed by atoms with E-state index >= 15 is 0 Å². The highest BCUT2D eigenvalue weighted by molar-refractivity contribution is 7.91. The summed E-state index contributed by atoms with van der Waals surface area (Å²) in [6.45, 7) is 5.85. The summed E-state index contributed by atoms with van der Waals surface area (Å²) in [7, 11) is -2.97. The summed E-state index contributed by atoms with van der Waals surface area (Å²) in [5.41, 5.74) is 2.15. The lowest BCUT2D eigenvalue weighted by atomic mass is 10.2. The van der Waals surface area contributed by atoms with E-state index in [1.807, 2.05) is 29.0 Å². The van der Waals surface area contributed by atoms with Crippen molar-refractivity contribution in [3.63, 3.8) is 0 Å². The SMILES string of the molecule is CCNCc1cn(CCS(=O)(=O)CC)c2cc(Cl)ccc12. The maximum Gasteiger partial charge on any atom is 0.151 e. The molecule has 0 saturated carbocycles. The van der Waals surface area contributed by atoms with Gasteiger partial charge in [-0.1, -0.05) is 31.5 Å². The molecule has 2 aromatic rings. The summed E-state index contributed by atoms with van der Waals surface area (Å²) in [4.78, 5) is 0. The Labute approximate surface area is 131 Å². The molecule has 0 saturated heterocycles. The molecule has 2 rings (SSSR count). The van der Waals surface area contributed by atoms with Crippen molar-refractivity contribution < 1.29 is 8.42 Å². The van der Waals surface area contributed by atoms with Crippen molar-refractivity contribution >= 4 is 32.3 Å². The van der Waals surface area contributed by atoms with Gasteiger partial charge in [-0.2, -0.15) is 0 Å². The van der Waals surface area contributed by atoms with E-state index in [1.54, 1.807) is 6.92 Å². The summed E-state index contributed by atoms with van der Waals surface area (Å²) in [5, 5.41) is 5.09. The Bertz CT molecular complexity index is 723. The number of rotatable bonds is 7. The van der Waals surface area contributed by atoms with Crippen LogP contribution in [0.25, 0.3) is 10.9 Å². The third-order valence-corrected chi connectivity index (χ3v) is 5.49. The number of nitrogens with zero attached hydrogens (tertiary/aromatic N) is 1. The van der Waals surface area contributed by atoms with Gasteiger partial charge >= 0.3 is 0 Å². The van der Waals surface area contributed by atoms with Crippen LogP contribution in [0.5, 0.6) is 0 Å². The third-order valence-electron chi connectivity index (χ3n) is 3.58. The molecule has 0 aliphatic carbocycles. The largest absolute Gasteiger partial charge is 0.346 e. The van der Waals surface area contributed by atoms with Crippen molar-refractivity contribution in [1.82, 2.24) is 9.88 Å². The molecule has 1 N–H and O–H groups in total. The second-order valence-corrected chi connectivity index (χ2v) is 7.94. The number of benzene rings is 1. The highest BCUT2D eigenvalue weighted by Crippen LogP contribution is 2.25. The fourth-order valence-electron chi connectivity index (χ4n) is 2.31. The number of aromatic nitrogens is 1. The lowest BCUT2D eigenvalue weighted by Gasteiger charge is -2.05. The van der Waals surface area contributed by atoms with E-state index in [-0.39, 0.29) is 11.5 Å². The number of hydrogen-bond acceptors (Lipinski definition) is 3. The van der Waals surface area contributed by atoms with Crippen LogP contribution in [0, 0.1) is 0 Å². The second-order valence-electron chi connectivity index (χ2n) is 5.03. The van der Waals surface area contributed by atoms with Crippen LogP contribution < -0.4 is 5.32 Å². The fourth-order valence-corrected chi connectivity index (χ4v) is 3.24. The molecule has 0 atom stereocenters. The quantitative estimate of drug-likeness (QED) is 0.850. The molecule has 1 aromatic heterocycles. The van der Waals surface area contributed by atoms with Crippen molar-refractivity contribution in [1.29, 1.82) is 0 Å². The highest BCUT2D eigenvalue weighted by atomic mass is 35.5. The van der Waals surface area contributed by atoms with Gasteiger partial charge in [0.15, 0.2) is 9.84 Å². The molecular formula is C15H21ClN2O2S. The average Bonchev–Trinajstić information content (AvgIpc) is 2.80. The van der Waals surface area contributed by atoms with Crippen LogP contribution in [-0.4, -0.2) is 31.0 Å². The standard InChI is InChI=1S/C15H21ClN2O2S/c1-3-17-10-12-11-18(7-8-21(19,20)4-2)15-9-13(16)5-6-14(12)15/h5-6,9,11,17H,3-4,7-8,10H2,1-2H3. The van der Waals surface area contributed by atoms with Crippen LogP contribution in [-0.2, 0) is 22.9 Å². The second kappa shape index (κ2) is 6.81. The zero-order chi connectivity index (χ0) is 15.5. The predicted octanol–water partition coefficient (Wildman–Crippen LogP) is 2.84. The minimum Gasteiger partial charge on any atom is -0.346 e. The van der Waals surface area contributed by atoms with E-state index in [0.29, 0.717) is 11.6 Å². The Morgan fingerprint density at radius 2 is 2.05 bits per heavy atom. The van der Waals surface area contributed by atoms with E-state index in [4.69, 9.17) is 11.6 Å². The first-order valence-corrected chi connectivity index (χ1v) is 9.35. The van der Waals surface area contributed by atoms with Gasteiger partial charge in [0, 0.05) is 41.0 Å². The van der Waals surface area contributed by atoms with Crippen molar-refractivity contribution in [2.75, 3.05) is 18.1 Å². The number of fused-ring (bicyclic) bond motifs is 1. The monoisotopic (exact) mass is 328 g/mol. The molecule has 0 bridgehead atoms. The Kier molecular flexibility index (Phi) is 5.30. The first-order valence-electron chi connectivity index (χ1n) is 7.15. The minimum absolute atomic E-state index is 0.153. The Morgan fingerprint density at radius 1 is 1.29 bits per heavy atom. The summed E-state index contributed by atoms with van der Waals surface area (Å²) >= 11 is 6.07. The fraction of sp³-hybridized carbons (Fsp3) is 0.467. The number of aryl methyl sites for hydroxylation is 1. The molecule has 116 valence electrons. The topological polar surface area (TPSA) is 51.1 Å². The number of nitrogens with one attached hydrogen (secondary N) is 1. The maximum atomic E-state index is 11.7. The van der Waals surface area contributed by atoms with Crippen LogP contribution in [0.15, 0.2) is 24.4 Å². The third kappa shape index (κ3) is 3.99. The lowest BCUT2D eigenvalue weighted by Crippen LogP contribution is -2.14. The Balaban J connectivity index is 2.35. The van der Waals surface area contributed by atoms with Gasteiger partial charge < -0.3 is 9.88 Å². The molecule has 0 aliphatic rings. The molecule has 4 nitrogen and oxygen atoms in total. The molecule has 0 fully saturated rings. The molecule has 1 heterocycles. The Hall–Kier alpha value is -1.04. The van der Waals surface area contributed by atoms with Gasteiger partial charge in [0.2, 0.25) is 0 Å². The first-order chi connectivity index (χ1) is 9.96. The van der Waals surface area contributed by atoms with Crippen LogP contribution in [0.4, 0.5) is 0 Å². The summed E-state index contributed by atoms with van der Waals surface area (Å²) in [6.07, 6.45) is 2.02. The molecule has 21 heavy (non-hydrogen) atoms. The van der Waals surface area contributed by atoms with Crippen molar-refractivity contribution in [2.24, 2.45) is 0 Å². The van der Waals surface area contributed by atoms with Crippen molar-refractivity contribution in [3.8, 4) is 0 Å². The Morgan fingerprint density at radius 3 is 2.71 bits per heavy atom. The van der Waals surface area contributed by atoms with E-state index in [1.165, 1.54) is 0 Å². The summed E-state index contributed by atoms with van der Waals surface area (Å²) < 4.78 is 25.4. The number of hydrogen-bond donors (Lipinski definition) is 1. The smallest absolute Gasteiger partial charge is 0.151 e. The van der Waals surface area contributed by atoms with E-state index in [2.05, 4.69) is 12.2 Å². The molecule has 0 spiro atoms. The van der Waals surface area contributed by atoms with Gasteiger partial charge in [-0.15, -0.1) is 0 Å². The van der Waals surface area contributed by atoms with Gasteiger partial charge in [0.25, 0.3) is 0 Å². The molecule has 0 aliphatic heterocycles. The molecule has 0 amide bonds. The molecule has 0 unspecified atom stereocenters. The highest BCUT2D eigenvalue weighted by Gasteiger charge is 2.12. The normalized spacial score (nSPS) is 12.1. The molecule has 0 radical (unpaired) electrons. The molecule has 1 aromatic carbocycles. The van der Waals surface area contributed by atoms with Gasteiger partial charge in [-0.25, -0.2) is 8.42 Å². The number of sulfone groups is 1. The first kappa shape index (κ1) is 16.3. The van der Waals surface area contributed by atoms with Crippen molar-refractivity contribution in [3.05, 3.63) is 35.0 Å². The van der Waals surface area contributed by atoms with Crippen LogP contribution in [0.3, 0.4) is 0 Å². The van der Waals surface area contributed by atoms with Crippen molar-refractivity contribution in [2.45, 2.75) is 26.9 Å². The summed E-state index contributed by atoms with van der Waals surface area (Å²) in [5.74, 6) is 0.331. The van der Waals surface area contributed by atoms with Crippen LogP contribution in [0.1, 0.15) is 19.4 Å². The number of halogens is 1. The maximum absolute atomic E-state index is 11.7. The lowest BCUT2D eigenvalue weighted by molar-refractivity contribution is 0.591. The molecule has 6 heteroatoms. The van der Waals surface area contributed by atoms with Gasteiger partial charge in [-0.05, 0) is 24.2 Å². The van der Waals surface area contributed by atoms with E-state index < -0.39 is 9.84 Å². The van der Waals surface area contributed by atoms with Gasteiger partial charge in [0.1, 0.15) is 0 Å². The van der Waals surface area contributed by atoms with Gasteiger partial charge in [0.05, 0.1) is 5.75 Å². The van der Waals surface area contributed by atoms with Crippen LogP contribution in [0.2, 0.25) is 5.02 Å². The van der Waals surface area contributed by atoms with Gasteiger partial charge in [-0.3, -0.25) is 0 Å². The zero-order valence-electron chi connectivity index (χ0n) is 12.4. The van der Waals surface area contributed by atoms with E-state index in [9.17, 15) is 8.42 Å². The van der Waals surface area contributed by atoms with E-state index in [0.717, 1.165) is 29.6 Å². The zero-order valence-corrected chi connectivity index (χ0v) is 14.0. The average molecular weight is 329 g/mol. The molecular weight excluding hydrogens is 308 g/mol. The van der Waals surface area contributed by atoms with Crippen LogP contribution >= 0.6 is 11.6 Å².